The van der Waals surface area contributed by atoms with Gasteiger partial charge in [-0.3, -0.25) is 9.59 Å². The summed E-state index contributed by atoms with van der Waals surface area (Å²) in [6.07, 6.45) is 0.305. The summed E-state index contributed by atoms with van der Waals surface area (Å²) >= 11 is 0. The molecule has 0 aliphatic carbocycles. The Balaban J connectivity index is 1.65. The molecule has 2 heterocycles. The van der Waals surface area contributed by atoms with Crippen molar-refractivity contribution in [3.63, 3.8) is 0 Å². The van der Waals surface area contributed by atoms with Crippen LogP contribution in [0.1, 0.15) is 52.3 Å². The van der Waals surface area contributed by atoms with Gasteiger partial charge in [-0.1, -0.05) is 29.4 Å². The Labute approximate surface area is 186 Å². The Hall–Kier alpha value is -3.61. The van der Waals surface area contributed by atoms with Gasteiger partial charge >= 0.3 is 0 Å². The van der Waals surface area contributed by atoms with Crippen molar-refractivity contribution in [2.45, 2.75) is 39.3 Å². The molecular formula is C25H26N2O5. The molecule has 0 N–H and O–H groups in total. The third kappa shape index (κ3) is 4.37. The molecule has 0 bridgehead atoms. The fourth-order valence-electron chi connectivity index (χ4n) is 4.09. The molecule has 166 valence electrons. The van der Waals surface area contributed by atoms with Gasteiger partial charge in [0.15, 0.2) is 11.5 Å². The molecule has 1 amide bonds. The lowest BCUT2D eigenvalue weighted by atomic mass is 9.97. The van der Waals surface area contributed by atoms with Crippen molar-refractivity contribution < 1.29 is 23.6 Å². The fraction of sp³-hybridized carbons (Fsp3) is 0.320. The number of aromatic nitrogens is 1. The molecule has 2 aromatic carbocycles. The van der Waals surface area contributed by atoms with E-state index >= 15 is 0 Å². The van der Waals surface area contributed by atoms with Gasteiger partial charge < -0.3 is 18.9 Å². The Kier molecular flexibility index (Phi) is 6.25. The molecule has 1 aromatic heterocycles. The zero-order valence-corrected chi connectivity index (χ0v) is 18.5. The maximum atomic E-state index is 13.2. The van der Waals surface area contributed by atoms with E-state index in [1.807, 2.05) is 49.4 Å². The van der Waals surface area contributed by atoms with Gasteiger partial charge in [-0.15, -0.1) is 0 Å². The monoisotopic (exact) mass is 434 g/mol. The summed E-state index contributed by atoms with van der Waals surface area (Å²) in [5.41, 5.74) is 3.04. The number of methoxy groups -OCH3 is 1. The molecule has 7 heteroatoms. The number of benzene rings is 2. The first-order chi connectivity index (χ1) is 15.5. The number of amides is 1. The van der Waals surface area contributed by atoms with E-state index < -0.39 is 6.04 Å². The van der Waals surface area contributed by atoms with Crippen LogP contribution in [-0.2, 0) is 17.8 Å². The summed E-state index contributed by atoms with van der Waals surface area (Å²) in [6, 6.07) is 14.4. The number of Topliss-reactive ketones (excluding diaryl/α,β-unsaturated/α-hetero) is 1. The highest BCUT2D eigenvalue weighted by Gasteiger charge is 2.34. The van der Waals surface area contributed by atoms with Crippen LogP contribution in [-0.4, -0.2) is 35.5 Å². The van der Waals surface area contributed by atoms with Gasteiger partial charge in [-0.05, 0) is 43.2 Å². The highest BCUT2D eigenvalue weighted by molar-refractivity contribution is 5.99. The van der Waals surface area contributed by atoms with Crippen molar-refractivity contribution in [1.82, 2.24) is 10.1 Å². The minimum absolute atomic E-state index is 0.0279. The molecule has 1 unspecified atom stereocenters. The van der Waals surface area contributed by atoms with Crippen LogP contribution in [0.15, 0.2) is 53.1 Å². The number of ketones is 1. The molecular weight excluding hydrogens is 408 g/mol. The molecule has 1 aliphatic rings. The summed E-state index contributed by atoms with van der Waals surface area (Å²) in [4.78, 5) is 28.0. The van der Waals surface area contributed by atoms with E-state index in [1.54, 1.807) is 25.0 Å². The van der Waals surface area contributed by atoms with E-state index in [4.69, 9.17) is 14.0 Å². The highest BCUT2D eigenvalue weighted by Crippen LogP contribution is 2.37. The number of hydrogen-bond acceptors (Lipinski definition) is 6. The molecule has 0 saturated heterocycles. The van der Waals surface area contributed by atoms with Crippen molar-refractivity contribution in [3.05, 3.63) is 76.7 Å². The Morgan fingerprint density at radius 3 is 2.69 bits per heavy atom. The second-order valence-corrected chi connectivity index (χ2v) is 7.80. The number of aryl methyl sites for hydroxylation is 1. The molecule has 0 spiro atoms. The quantitative estimate of drug-likeness (QED) is 0.500. The summed E-state index contributed by atoms with van der Waals surface area (Å²) in [5, 5.41) is 3.93. The van der Waals surface area contributed by atoms with Gasteiger partial charge in [0.2, 0.25) is 0 Å². The maximum Gasteiger partial charge on any atom is 0.255 e. The largest absolute Gasteiger partial charge is 0.493 e. The van der Waals surface area contributed by atoms with Gasteiger partial charge in [0, 0.05) is 24.6 Å². The smallest absolute Gasteiger partial charge is 0.255 e. The van der Waals surface area contributed by atoms with Crippen LogP contribution in [0.2, 0.25) is 0 Å². The van der Waals surface area contributed by atoms with Gasteiger partial charge in [0.1, 0.15) is 11.5 Å². The average molecular weight is 434 g/mol. The zero-order valence-electron chi connectivity index (χ0n) is 18.5. The summed E-state index contributed by atoms with van der Waals surface area (Å²) in [6.45, 7) is 4.65. The van der Waals surface area contributed by atoms with Crippen LogP contribution >= 0.6 is 0 Å². The molecule has 32 heavy (non-hydrogen) atoms. The van der Waals surface area contributed by atoms with E-state index in [0.29, 0.717) is 41.7 Å². The van der Waals surface area contributed by atoms with E-state index in [0.717, 1.165) is 11.1 Å². The van der Waals surface area contributed by atoms with Crippen LogP contribution in [0, 0.1) is 6.92 Å². The van der Waals surface area contributed by atoms with Gasteiger partial charge in [-0.25, -0.2) is 0 Å². The van der Waals surface area contributed by atoms with Crippen LogP contribution in [0.5, 0.6) is 11.5 Å². The number of hydrogen-bond donors (Lipinski definition) is 0. The predicted octanol–water partition coefficient (Wildman–Crippen LogP) is 4.29. The molecule has 1 atom stereocenters. The molecule has 0 radical (unpaired) electrons. The number of rotatable bonds is 9. The topological polar surface area (TPSA) is 81.9 Å². The van der Waals surface area contributed by atoms with Crippen molar-refractivity contribution in [3.8, 4) is 11.5 Å². The van der Waals surface area contributed by atoms with Crippen molar-refractivity contribution in [1.29, 1.82) is 0 Å². The molecule has 7 nitrogen and oxygen atoms in total. The second kappa shape index (κ2) is 9.26. The number of nitrogens with zero attached hydrogens (tertiary/aromatic N) is 2. The molecule has 4 rings (SSSR count). The summed E-state index contributed by atoms with van der Waals surface area (Å²) < 4.78 is 16.2. The van der Waals surface area contributed by atoms with E-state index in [9.17, 15) is 9.59 Å². The van der Waals surface area contributed by atoms with Crippen LogP contribution in [0.4, 0.5) is 0 Å². The molecule has 1 aliphatic heterocycles. The normalized spacial score (nSPS) is 13.7. The minimum atomic E-state index is -0.444. The summed E-state index contributed by atoms with van der Waals surface area (Å²) in [7, 11) is 1.57. The third-order valence-corrected chi connectivity index (χ3v) is 5.57. The van der Waals surface area contributed by atoms with Gasteiger partial charge in [0.25, 0.3) is 5.91 Å². The highest BCUT2D eigenvalue weighted by atomic mass is 16.5. The van der Waals surface area contributed by atoms with Crippen molar-refractivity contribution in [2.24, 2.45) is 0 Å². The van der Waals surface area contributed by atoms with Gasteiger partial charge in [0.05, 0.1) is 31.9 Å². The first kappa shape index (κ1) is 21.6. The van der Waals surface area contributed by atoms with E-state index in [1.165, 1.54) is 0 Å². The second-order valence-electron chi connectivity index (χ2n) is 7.80. The van der Waals surface area contributed by atoms with Gasteiger partial charge in [-0.2, -0.15) is 0 Å². The van der Waals surface area contributed by atoms with Crippen LogP contribution < -0.4 is 9.47 Å². The summed E-state index contributed by atoms with van der Waals surface area (Å²) in [5.74, 6) is 1.74. The number of ether oxygens (including phenoxy) is 2. The molecule has 0 fully saturated rings. The number of carbonyl (C=O) groups is 2. The van der Waals surface area contributed by atoms with Crippen molar-refractivity contribution in [2.75, 3.05) is 13.7 Å². The zero-order chi connectivity index (χ0) is 22.7. The molecule has 0 saturated carbocycles. The molecule has 3 aromatic rings. The SMILES string of the molecule is CCOc1ccc(C(CC(=O)Cc2cc(C)on2)N2Cc3ccccc3C2=O)cc1OC. The maximum absolute atomic E-state index is 13.2. The predicted molar refractivity (Wildman–Crippen MR) is 118 cm³/mol. The Morgan fingerprint density at radius 1 is 1.19 bits per heavy atom. The third-order valence-electron chi connectivity index (χ3n) is 5.57. The lowest BCUT2D eigenvalue weighted by Gasteiger charge is -2.28. The number of carbonyl (C=O) groups excluding carboxylic acids is 2. The fourth-order valence-corrected chi connectivity index (χ4v) is 4.09. The van der Waals surface area contributed by atoms with Crippen LogP contribution in [0.25, 0.3) is 0 Å². The lowest BCUT2D eigenvalue weighted by Crippen LogP contribution is -2.31. The Morgan fingerprint density at radius 2 is 2.00 bits per heavy atom. The van der Waals surface area contributed by atoms with Crippen molar-refractivity contribution >= 4 is 11.7 Å². The van der Waals surface area contributed by atoms with Crippen LogP contribution in [0.3, 0.4) is 0 Å². The lowest BCUT2D eigenvalue weighted by molar-refractivity contribution is -0.119. The average Bonchev–Trinajstić information content (AvgIpc) is 3.35. The number of fused-ring (bicyclic) bond motifs is 1. The van der Waals surface area contributed by atoms with E-state index in [-0.39, 0.29) is 24.5 Å². The first-order valence-corrected chi connectivity index (χ1v) is 10.6. The standard InChI is InChI=1S/C25H26N2O5/c1-4-31-23-10-9-17(12-24(23)30-3)22(14-20(28)13-19-11-16(2)32-26-19)27-15-18-7-5-6-8-21(18)25(27)29/h5-12,22H,4,13-15H2,1-3H3. The Bertz CT molecular complexity index is 1140. The first-order valence-electron chi connectivity index (χ1n) is 10.6. The van der Waals surface area contributed by atoms with E-state index in [2.05, 4.69) is 5.16 Å². The minimum Gasteiger partial charge on any atom is -0.493 e.